The first-order valence-electron chi connectivity index (χ1n) is 7.84. The lowest BCUT2D eigenvalue weighted by Crippen LogP contribution is -2.13. The number of H-pyrrole nitrogens is 1. The fourth-order valence-electron chi connectivity index (χ4n) is 1.97. The number of carbonyl (C=O) groups is 1. The van der Waals surface area contributed by atoms with Crippen LogP contribution in [0.1, 0.15) is 42.7 Å². The minimum atomic E-state index is -0.351. The van der Waals surface area contributed by atoms with E-state index in [0.29, 0.717) is 36.0 Å². The third-order valence-electron chi connectivity index (χ3n) is 3.13. The highest BCUT2D eigenvalue weighted by Gasteiger charge is 2.14. The summed E-state index contributed by atoms with van der Waals surface area (Å²) in [7, 11) is 0. The molecule has 2 aromatic rings. The molecule has 24 heavy (non-hydrogen) atoms. The Morgan fingerprint density at radius 2 is 1.96 bits per heavy atom. The normalized spacial score (nSPS) is 10.0. The minimum absolute atomic E-state index is 0.203. The second-order valence-corrected chi connectivity index (χ2v) is 5.08. The van der Waals surface area contributed by atoms with Crippen molar-refractivity contribution in [2.75, 3.05) is 18.5 Å². The second kappa shape index (κ2) is 8.58. The highest BCUT2D eigenvalue weighted by atomic mass is 16.5. The summed E-state index contributed by atoms with van der Waals surface area (Å²) in [5.41, 5.74) is 0.952. The van der Waals surface area contributed by atoms with E-state index in [1.807, 2.05) is 19.9 Å². The highest BCUT2D eigenvalue weighted by Crippen LogP contribution is 2.29. The number of nitriles is 1. The predicted molar refractivity (Wildman–Crippen MR) is 89.3 cm³/mol. The van der Waals surface area contributed by atoms with Gasteiger partial charge in [-0.1, -0.05) is 13.8 Å². The molecular formula is C17H20N4O3. The van der Waals surface area contributed by atoms with Crippen LogP contribution in [0.3, 0.4) is 0 Å². The first-order chi connectivity index (χ1) is 11.7. The number of aromatic amines is 1. The molecule has 1 amide bonds. The Hall–Kier alpha value is -3.01. The van der Waals surface area contributed by atoms with E-state index in [1.54, 1.807) is 18.2 Å². The van der Waals surface area contributed by atoms with Gasteiger partial charge in [0.1, 0.15) is 6.07 Å². The number of ether oxygens (including phenoxy) is 2. The largest absolute Gasteiger partial charge is 0.490 e. The molecule has 0 unspecified atom stereocenters. The van der Waals surface area contributed by atoms with Crippen LogP contribution in [0.4, 0.5) is 5.69 Å². The quantitative estimate of drug-likeness (QED) is 0.775. The van der Waals surface area contributed by atoms with E-state index < -0.39 is 0 Å². The molecule has 0 saturated heterocycles. The van der Waals surface area contributed by atoms with Gasteiger partial charge in [0.05, 0.1) is 25.1 Å². The molecule has 0 saturated carbocycles. The zero-order valence-electron chi connectivity index (χ0n) is 13.8. The van der Waals surface area contributed by atoms with Crippen molar-refractivity contribution in [1.82, 2.24) is 10.2 Å². The first-order valence-corrected chi connectivity index (χ1v) is 7.84. The van der Waals surface area contributed by atoms with Gasteiger partial charge < -0.3 is 14.8 Å². The molecule has 1 heterocycles. The molecule has 0 atom stereocenters. The summed E-state index contributed by atoms with van der Waals surface area (Å²) in [4.78, 5) is 12.4. The predicted octanol–water partition coefficient (Wildman–Crippen LogP) is 3.11. The zero-order chi connectivity index (χ0) is 17.4. The van der Waals surface area contributed by atoms with Crippen LogP contribution in [-0.2, 0) is 0 Å². The van der Waals surface area contributed by atoms with Gasteiger partial charge >= 0.3 is 0 Å². The van der Waals surface area contributed by atoms with Crippen molar-refractivity contribution in [3.05, 3.63) is 35.7 Å². The highest BCUT2D eigenvalue weighted by molar-refractivity contribution is 6.05. The Labute approximate surface area is 140 Å². The van der Waals surface area contributed by atoms with Crippen molar-refractivity contribution in [2.24, 2.45) is 0 Å². The van der Waals surface area contributed by atoms with E-state index in [1.165, 1.54) is 6.20 Å². The molecule has 7 nitrogen and oxygen atoms in total. The van der Waals surface area contributed by atoms with Crippen LogP contribution in [0.5, 0.6) is 11.5 Å². The van der Waals surface area contributed by atoms with Crippen LogP contribution in [0.15, 0.2) is 24.4 Å². The number of hydrogen-bond donors (Lipinski definition) is 2. The summed E-state index contributed by atoms with van der Waals surface area (Å²) >= 11 is 0. The molecule has 1 aromatic carbocycles. The van der Waals surface area contributed by atoms with Crippen LogP contribution in [0.25, 0.3) is 0 Å². The number of benzene rings is 1. The Morgan fingerprint density at radius 1 is 1.25 bits per heavy atom. The summed E-state index contributed by atoms with van der Waals surface area (Å²) in [6, 6.07) is 6.94. The molecule has 0 fully saturated rings. The fourth-order valence-corrected chi connectivity index (χ4v) is 1.97. The number of aromatic nitrogens is 2. The molecule has 0 bridgehead atoms. The van der Waals surface area contributed by atoms with E-state index >= 15 is 0 Å². The summed E-state index contributed by atoms with van der Waals surface area (Å²) in [5.74, 6) is 0.796. The maximum atomic E-state index is 12.4. The Kier molecular flexibility index (Phi) is 6.20. The van der Waals surface area contributed by atoms with Gasteiger partial charge in [-0.25, -0.2) is 0 Å². The van der Waals surface area contributed by atoms with Crippen LogP contribution < -0.4 is 14.8 Å². The van der Waals surface area contributed by atoms with Gasteiger partial charge in [0.15, 0.2) is 17.2 Å². The van der Waals surface area contributed by atoms with Gasteiger partial charge in [0, 0.05) is 5.56 Å². The lowest BCUT2D eigenvalue weighted by atomic mass is 10.2. The van der Waals surface area contributed by atoms with E-state index in [0.717, 1.165) is 12.8 Å². The molecule has 7 heteroatoms. The van der Waals surface area contributed by atoms with Crippen LogP contribution in [0, 0.1) is 11.3 Å². The van der Waals surface area contributed by atoms with Crippen LogP contribution in [-0.4, -0.2) is 29.3 Å². The van der Waals surface area contributed by atoms with Crippen LogP contribution in [0.2, 0.25) is 0 Å². The molecular weight excluding hydrogens is 308 g/mol. The molecule has 0 aliphatic carbocycles. The van der Waals surface area contributed by atoms with Gasteiger partial charge in [-0.2, -0.15) is 10.4 Å². The molecule has 126 valence electrons. The number of rotatable bonds is 8. The number of nitrogens with one attached hydrogen (secondary N) is 2. The fraction of sp³-hybridized carbons (Fsp3) is 0.353. The number of nitrogens with zero attached hydrogens (tertiary/aromatic N) is 2. The van der Waals surface area contributed by atoms with E-state index in [9.17, 15) is 4.79 Å². The molecule has 1 aromatic heterocycles. The molecule has 2 rings (SSSR count). The van der Waals surface area contributed by atoms with Gasteiger partial charge in [-0.15, -0.1) is 0 Å². The van der Waals surface area contributed by atoms with Crippen molar-refractivity contribution >= 4 is 11.6 Å². The summed E-state index contributed by atoms with van der Waals surface area (Å²) in [6.07, 6.45) is 3.13. The lowest BCUT2D eigenvalue weighted by molar-refractivity contribution is 0.102. The standard InChI is InChI=1S/C17H20N4O3/c1-3-7-23-15-6-5-12(9-16(15)24-8-4-2)17(22)20-14-11-19-21-13(14)10-18/h5-6,9,11H,3-4,7-8H2,1-2H3,(H,19,21)(H,20,22). The van der Waals surface area contributed by atoms with Crippen molar-refractivity contribution in [3.63, 3.8) is 0 Å². The average molecular weight is 328 g/mol. The van der Waals surface area contributed by atoms with E-state index in [4.69, 9.17) is 14.7 Å². The monoisotopic (exact) mass is 328 g/mol. The maximum absolute atomic E-state index is 12.4. The Balaban J connectivity index is 2.19. The van der Waals surface area contributed by atoms with E-state index in [-0.39, 0.29) is 11.6 Å². The smallest absolute Gasteiger partial charge is 0.255 e. The topological polar surface area (TPSA) is 100 Å². The maximum Gasteiger partial charge on any atom is 0.255 e. The third-order valence-corrected chi connectivity index (χ3v) is 3.13. The SMILES string of the molecule is CCCOc1ccc(C(=O)Nc2cn[nH]c2C#N)cc1OCCC. The minimum Gasteiger partial charge on any atom is -0.490 e. The second-order valence-electron chi connectivity index (χ2n) is 5.08. The number of carbonyl (C=O) groups excluding carboxylic acids is 1. The van der Waals surface area contributed by atoms with Gasteiger partial charge in [0.2, 0.25) is 0 Å². The Bertz CT molecular complexity index is 734. The Morgan fingerprint density at radius 3 is 2.62 bits per heavy atom. The molecule has 0 aliphatic rings. The van der Waals surface area contributed by atoms with Gasteiger partial charge in [-0.05, 0) is 31.0 Å². The molecule has 2 N–H and O–H groups in total. The van der Waals surface area contributed by atoms with Crippen molar-refractivity contribution in [2.45, 2.75) is 26.7 Å². The number of hydrogen-bond acceptors (Lipinski definition) is 5. The molecule has 0 radical (unpaired) electrons. The van der Waals surface area contributed by atoms with Crippen molar-refractivity contribution in [3.8, 4) is 17.6 Å². The third kappa shape index (κ3) is 4.26. The van der Waals surface area contributed by atoms with Crippen molar-refractivity contribution < 1.29 is 14.3 Å². The van der Waals surface area contributed by atoms with Gasteiger partial charge in [-0.3, -0.25) is 9.89 Å². The molecule has 0 spiro atoms. The van der Waals surface area contributed by atoms with Crippen molar-refractivity contribution in [1.29, 1.82) is 5.26 Å². The summed E-state index contributed by atoms with van der Waals surface area (Å²) in [6.45, 7) is 5.14. The first kappa shape index (κ1) is 17.3. The van der Waals surface area contributed by atoms with Crippen LogP contribution >= 0.6 is 0 Å². The lowest BCUT2D eigenvalue weighted by Gasteiger charge is -2.13. The number of anilines is 1. The molecule has 0 aliphatic heterocycles. The number of amides is 1. The summed E-state index contributed by atoms with van der Waals surface area (Å²) in [5, 5.41) is 17.8. The summed E-state index contributed by atoms with van der Waals surface area (Å²) < 4.78 is 11.3. The van der Waals surface area contributed by atoms with E-state index in [2.05, 4.69) is 15.5 Å². The average Bonchev–Trinajstić information content (AvgIpc) is 3.05. The van der Waals surface area contributed by atoms with Gasteiger partial charge in [0.25, 0.3) is 5.91 Å². The zero-order valence-corrected chi connectivity index (χ0v) is 13.8.